The van der Waals surface area contributed by atoms with Crippen molar-refractivity contribution in [1.29, 1.82) is 0 Å². The normalized spacial score (nSPS) is 12.9. The Kier molecular flexibility index (Phi) is 5.17. The van der Waals surface area contributed by atoms with Gasteiger partial charge in [-0.15, -0.1) is 0 Å². The van der Waals surface area contributed by atoms with Gasteiger partial charge in [0.05, 0.1) is 0 Å². The van der Waals surface area contributed by atoms with E-state index in [0.717, 1.165) is 24.0 Å². The van der Waals surface area contributed by atoms with E-state index < -0.39 is 18.4 Å². The molecular weight excluding hydrogens is 334 g/mol. The van der Waals surface area contributed by atoms with Gasteiger partial charge in [0.15, 0.2) is 0 Å². The summed E-state index contributed by atoms with van der Waals surface area (Å²) in [6.07, 6.45) is 2.04. The number of rotatable bonds is 6. The van der Waals surface area contributed by atoms with Crippen molar-refractivity contribution in [3.63, 3.8) is 0 Å². The van der Waals surface area contributed by atoms with Crippen LogP contribution < -0.4 is 16.0 Å². The predicted octanol–water partition coefficient (Wildman–Crippen LogP) is 2.45. The second-order valence-corrected chi connectivity index (χ2v) is 6.11. The van der Waals surface area contributed by atoms with Crippen molar-refractivity contribution in [3.8, 4) is 11.1 Å². The molecule has 7 heteroatoms. The van der Waals surface area contributed by atoms with Crippen molar-refractivity contribution in [1.82, 2.24) is 10.6 Å². The van der Waals surface area contributed by atoms with Gasteiger partial charge in [0, 0.05) is 17.3 Å². The Morgan fingerprint density at radius 1 is 1.00 bits per heavy atom. The molecule has 0 aromatic heterocycles. The Hall–Kier alpha value is -3.35. The van der Waals surface area contributed by atoms with Crippen LogP contribution in [0.15, 0.2) is 48.5 Å². The molecule has 26 heavy (non-hydrogen) atoms. The van der Waals surface area contributed by atoms with E-state index in [9.17, 15) is 14.4 Å². The monoisotopic (exact) mass is 353 g/mol. The van der Waals surface area contributed by atoms with E-state index in [1.807, 2.05) is 24.3 Å². The fourth-order valence-electron chi connectivity index (χ4n) is 2.45. The molecule has 0 saturated heterocycles. The first-order valence-corrected chi connectivity index (χ1v) is 8.29. The number of carboxylic acids is 1. The van der Waals surface area contributed by atoms with E-state index in [2.05, 4.69) is 16.0 Å². The fraction of sp³-hybridized carbons (Fsp3) is 0.211. The van der Waals surface area contributed by atoms with Gasteiger partial charge < -0.3 is 21.1 Å². The number of carboxylic acid groups (broad SMARTS) is 1. The molecule has 0 heterocycles. The molecule has 134 valence electrons. The van der Waals surface area contributed by atoms with E-state index >= 15 is 0 Å². The molecule has 3 amide bonds. The van der Waals surface area contributed by atoms with Crippen LogP contribution in [0.4, 0.5) is 10.5 Å². The summed E-state index contributed by atoms with van der Waals surface area (Å²) in [6.45, 7) is -0.432. The second-order valence-electron chi connectivity index (χ2n) is 6.11. The van der Waals surface area contributed by atoms with Gasteiger partial charge in [-0.3, -0.25) is 9.59 Å². The molecule has 2 aromatic rings. The quantitative estimate of drug-likeness (QED) is 0.640. The van der Waals surface area contributed by atoms with Gasteiger partial charge in [0.1, 0.15) is 6.54 Å². The first-order valence-electron chi connectivity index (χ1n) is 8.29. The van der Waals surface area contributed by atoms with Crippen LogP contribution in [0, 0.1) is 0 Å². The fourth-order valence-corrected chi connectivity index (χ4v) is 2.45. The third kappa shape index (κ3) is 4.83. The minimum absolute atomic E-state index is 0.230. The topological polar surface area (TPSA) is 108 Å². The molecule has 1 aliphatic rings. The van der Waals surface area contributed by atoms with Crippen LogP contribution in [-0.2, 0) is 4.79 Å². The molecular formula is C19H19N3O4. The van der Waals surface area contributed by atoms with Crippen LogP contribution in [0.25, 0.3) is 11.1 Å². The number of aliphatic carboxylic acids is 1. The number of carbonyl (C=O) groups excluding carboxylic acids is 2. The number of urea groups is 1. The lowest BCUT2D eigenvalue weighted by Crippen LogP contribution is -2.30. The standard InChI is InChI=1S/C19H19N3O4/c23-17(24)11-20-18(25)14-5-1-3-12(9-14)13-4-2-6-16(10-13)22-19(26)21-15-7-8-15/h1-6,9-10,15H,7-8,11H2,(H,20,25)(H,23,24)(H2,21,22,26). The van der Waals surface area contributed by atoms with Crippen molar-refractivity contribution in [3.05, 3.63) is 54.1 Å². The van der Waals surface area contributed by atoms with E-state index in [0.29, 0.717) is 11.3 Å². The number of carbonyl (C=O) groups is 3. The van der Waals surface area contributed by atoms with Crippen molar-refractivity contribution < 1.29 is 19.5 Å². The molecule has 1 fully saturated rings. The van der Waals surface area contributed by atoms with Gasteiger partial charge in [0.25, 0.3) is 5.91 Å². The van der Waals surface area contributed by atoms with Crippen LogP contribution >= 0.6 is 0 Å². The van der Waals surface area contributed by atoms with E-state index in [-0.39, 0.29) is 12.1 Å². The maximum atomic E-state index is 12.0. The summed E-state index contributed by atoms with van der Waals surface area (Å²) in [6, 6.07) is 14.2. The zero-order valence-electron chi connectivity index (χ0n) is 14.0. The minimum atomic E-state index is -1.10. The van der Waals surface area contributed by atoms with Gasteiger partial charge >= 0.3 is 12.0 Å². The molecule has 0 bridgehead atoms. The molecule has 1 aliphatic carbocycles. The van der Waals surface area contributed by atoms with Gasteiger partial charge in [-0.25, -0.2) is 4.79 Å². The average Bonchev–Trinajstić information content (AvgIpc) is 3.43. The van der Waals surface area contributed by atoms with Gasteiger partial charge in [-0.2, -0.15) is 0 Å². The highest BCUT2D eigenvalue weighted by molar-refractivity contribution is 5.97. The molecule has 7 nitrogen and oxygen atoms in total. The minimum Gasteiger partial charge on any atom is -0.480 e. The molecule has 4 N–H and O–H groups in total. The number of hydrogen-bond donors (Lipinski definition) is 4. The molecule has 3 rings (SSSR count). The summed E-state index contributed by atoms with van der Waals surface area (Å²) in [5.41, 5.74) is 2.65. The third-order valence-electron chi connectivity index (χ3n) is 3.89. The molecule has 0 aliphatic heterocycles. The highest BCUT2D eigenvalue weighted by Crippen LogP contribution is 2.24. The predicted molar refractivity (Wildman–Crippen MR) is 97.0 cm³/mol. The second kappa shape index (κ2) is 7.69. The zero-order valence-corrected chi connectivity index (χ0v) is 14.0. The molecule has 2 aromatic carbocycles. The van der Waals surface area contributed by atoms with Gasteiger partial charge in [-0.1, -0.05) is 24.3 Å². The largest absolute Gasteiger partial charge is 0.480 e. The number of nitrogens with one attached hydrogen (secondary N) is 3. The summed E-state index contributed by atoms with van der Waals surface area (Å²) in [4.78, 5) is 34.4. The molecule has 0 unspecified atom stereocenters. The summed E-state index contributed by atoms with van der Waals surface area (Å²) in [5, 5.41) is 16.6. The lowest BCUT2D eigenvalue weighted by Gasteiger charge is -2.09. The SMILES string of the molecule is O=C(O)CNC(=O)c1cccc(-c2cccc(NC(=O)NC3CC3)c2)c1. The number of hydrogen-bond acceptors (Lipinski definition) is 3. The van der Waals surface area contributed by atoms with Gasteiger partial charge in [-0.05, 0) is 48.2 Å². The van der Waals surface area contributed by atoms with Crippen LogP contribution in [0.5, 0.6) is 0 Å². The van der Waals surface area contributed by atoms with Crippen molar-refractivity contribution in [2.24, 2.45) is 0 Å². The smallest absolute Gasteiger partial charge is 0.322 e. The van der Waals surface area contributed by atoms with Crippen molar-refractivity contribution >= 4 is 23.6 Å². The Morgan fingerprint density at radius 3 is 2.38 bits per heavy atom. The Balaban J connectivity index is 1.72. The van der Waals surface area contributed by atoms with Crippen LogP contribution in [0.1, 0.15) is 23.2 Å². The number of benzene rings is 2. The molecule has 1 saturated carbocycles. The summed E-state index contributed by atoms with van der Waals surface area (Å²) >= 11 is 0. The number of amides is 3. The zero-order chi connectivity index (χ0) is 18.5. The highest BCUT2D eigenvalue weighted by atomic mass is 16.4. The first kappa shape index (κ1) is 17.5. The van der Waals surface area contributed by atoms with Gasteiger partial charge in [0.2, 0.25) is 0 Å². The molecule has 0 radical (unpaired) electrons. The Labute approximate surface area is 150 Å². The van der Waals surface area contributed by atoms with Crippen molar-refractivity contribution in [2.45, 2.75) is 18.9 Å². The third-order valence-corrected chi connectivity index (χ3v) is 3.89. The average molecular weight is 353 g/mol. The van der Waals surface area contributed by atoms with E-state index in [1.54, 1.807) is 24.3 Å². The van der Waals surface area contributed by atoms with Crippen LogP contribution in [0.2, 0.25) is 0 Å². The van der Waals surface area contributed by atoms with Crippen LogP contribution in [0.3, 0.4) is 0 Å². The molecule has 0 spiro atoms. The van der Waals surface area contributed by atoms with E-state index in [4.69, 9.17) is 5.11 Å². The highest BCUT2D eigenvalue weighted by Gasteiger charge is 2.23. The lowest BCUT2D eigenvalue weighted by atomic mass is 10.0. The van der Waals surface area contributed by atoms with Crippen LogP contribution in [-0.4, -0.2) is 35.6 Å². The maximum absolute atomic E-state index is 12.0. The Bertz CT molecular complexity index is 846. The first-order chi connectivity index (χ1) is 12.5. The maximum Gasteiger partial charge on any atom is 0.322 e. The van der Waals surface area contributed by atoms with E-state index in [1.165, 1.54) is 0 Å². The summed E-state index contributed by atoms with van der Waals surface area (Å²) in [5.74, 6) is -1.55. The summed E-state index contributed by atoms with van der Waals surface area (Å²) < 4.78 is 0. The lowest BCUT2D eigenvalue weighted by molar-refractivity contribution is -0.135. The summed E-state index contributed by atoms with van der Waals surface area (Å²) in [7, 11) is 0. The number of anilines is 1. The van der Waals surface area contributed by atoms with Crippen molar-refractivity contribution in [2.75, 3.05) is 11.9 Å². The Morgan fingerprint density at radius 2 is 1.69 bits per heavy atom. The molecule has 0 atom stereocenters.